The molecule has 0 radical (unpaired) electrons. The van der Waals surface area contributed by atoms with Gasteiger partial charge in [0.2, 0.25) is 0 Å². The van der Waals surface area contributed by atoms with Crippen LogP contribution in [0.5, 0.6) is 5.75 Å². The van der Waals surface area contributed by atoms with Crippen LogP contribution in [0.4, 0.5) is 8.78 Å². The maximum atomic E-state index is 13.2. The Balaban J connectivity index is 2.09. The average molecular weight is 292 g/mol. The normalized spacial score (nSPS) is 12.2. The van der Waals surface area contributed by atoms with E-state index in [2.05, 4.69) is 0 Å². The SMILES string of the molecule is COc1ccc(C)cc1CC(O)Cc1ccc(F)c(F)c1. The van der Waals surface area contributed by atoms with Crippen molar-refractivity contribution in [2.24, 2.45) is 0 Å². The fraction of sp³-hybridized carbons (Fsp3) is 0.294. The van der Waals surface area contributed by atoms with Crippen molar-refractivity contribution in [1.29, 1.82) is 0 Å². The van der Waals surface area contributed by atoms with E-state index >= 15 is 0 Å². The highest BCUT2D eigenvalue weighted by Crippen LogP contribution is 2.22. The van der Waals surface area contributed by atoms with E-state index in [9.17, 15) is 13.9 Å². The summed E-state index contributed by atoms with van der Waals surface area (Å²) in [5.74, 6) is -1.06. The van der Waals surface area contributed by atoms with Gasteiger partial charge < -0.3 is 9.84 Å². The summed E-state index contributed by atoms with van der Waals surface area (Å²) in [6.07, 6.45) is -0.0384. The molecule has 112 valence electrons. The van der Waals surface area contributed by atoms with Crippen molar-refractivity contribution in [3.05, 3.63) is 64.7 Å². The molecule has 21 heavy (non-hydrogen) atoms. The van der Waals surface area contributed by atoms with Crippen LogP contribution in [0.3, 0.4) is 0 Å². The number of aryl methyl sites for hydroxylation is 1. The van der Waals surface area contributed by atoms with Crippen molar-refractivity contribution >= 4 is 0 Å². The predicted octanol–water partition coefficient (Wildman–Crippen LogP) is 3.43. The molecule has 0 bridgehead atoms. The lowest BCUT2D eigenvalue weighted by Crippen LogP contribution is -2.15. The zero-order valence-corrected chi connectivity index (χ0v) is 12.1. The van der Waals surface area contributed by atoms with Crippen molar-refractivity contribution in [1.82, 2.24) is 0 Å². The Morgan fingerprint density at radius 3 is 2.48 bits per heavy atom. The molecule has 0 fully saturated rings. The Morgan fingerprint density at radius 1 is 1.05 bits per heavy atom. The van der Waals surface area contributed by atoms with Gasteiger partial charge in [0.1, 0.15) is 5.75 Å². The number of halogens is 2. The first-order valence-electron chi connectivity index (χ1n) is 6.75. The lowest BCUT2D eigenvalue weighted by Gasteiger charge is -2.14. The summed E-state index contributed by atoms with van der Waals surface area (Å²) >= 11 is 0. The second-order valence-corrected chi connectivity index (χ2v) is 5.13. The molecule has 1 atom stereocenters. The average Bonchev–Trinajstić information content (AvgIpc) is 2.43. The molecule has 0 aliphatic rings. The first-order valence-corrected chi connectivity index (χ1v) is 6.75. The van der Waals surface area contributed by atoms with Gasteiger partial charge in [0.15, 0.2) is 11.6 Å². The summed E-state index contributed by atoms with van der Waals surface area (Å²) in [5, 5.41) is 10.2. The smallest absolute Gasteiger partial charge is 0.159 e. The van der Waals surface area contributed by atoms with E-state index in [0.29, 0.717) is 17.7 Å². The Kier molecular flexibility index (Phi) is 4.91. The minimum absolute atomic E-state index is 0.258. The van der Waals surface area contributed by atoms with Gasteiger partial charge in [0.25, 0.3) is 0 Å². The number of benzene rings is 2. The molecule has 2 aromatic carbocycles. The van der Waals surface area contributed by atoms with Crippen molar-refractivity contribution in [2.75, 3.05) is 7.11 Å². The Labute approximate surface area is 123 Å². The quantitative estimate of drug-likeness (QED) is 0.915. The number of ether oxygens (including phenoxy) is 1. The predicted molar refractivity (Wildman–Crippen MR) is 77.5 cm³/mol. The largest absolute Gasteiger partial charge is 0.496 e. The second kappa shape index (κ2) is 6.68. The highest BCUT2D eigenvalue weighted by Gasteiger charge is 2.12. The van der Waals surface area contributed by atoms with Gasteiger partial charge in [-0.3, -0.25) is 0 Å². The van der Waals surface area contributed by atoms with E-state index < -0.39 is 17.7 Å². The van der Waals surface area contributed by atoms with Gasteiger partial charge in [-0.05, 0) is 42.7 Å². The van der Waals surface area contributed by atoms with Crippen LogP contribution in [0.2, 0.25) is 0 Å². The van der Waals surface area contributed by atoms with Crippen LogP contribution in [0.1, 0.15) is 16.7 Å². The molecule has 0 saturated carbocycles. The molecule has 0 saturated heterocycles. The van der Waals surface area contributed by atoms with E-state index in [1.165, 1.54) is 6.07 Å². The third kappa shape index (κ3) is 4.02. The highest BCUT2D eigenvalue weighted by molar-refractivity contribution is 5.37. The number of aliphatic hydroxyl groups is 1. The molecule has 0 aromatic heterocycles. The van der Waals surface area contributed by atoms with Crippen LogP contribution in [0.25, 0.3) is 0 Å². The monoisotopic (exact) mass is 292 g/mol. The summed E-state index contributed by atoms with van der Waals surface area (Å²) in [7, 11) is 1.58. The number of hydrogen-bond acceptors (Lipinski definition) is 2. The molecule has 1 unspecified atom stereocenters. The molecule has 0 aliphatic carbocycles. The number of methoxy groups -OCH3 is 1. The van der Waals surface area contributed by atoms with E-state index in [1.54, 1.807) is 7.11 Å². The van der Waals surface area contributed by atoms with Crippen LogP contribution < -0.4 is 4.74 Å². The van der Waals surface area contributed by atoms with Crippen LogP contribution in [0.15, 0.2) is 36.4 Å². The van der Waals surface area contributed by atoms with E-state index in [0.717, 1.165) is 23.3 Å². The molecular formula is C17H18F2O2. The summed E-state index contributed by atoms with van der Waals surface area (Å²) in [4.78, 5) is 0. The lowest BCUT2D eigenvalue weighted by molar-refractivity contribution is 0.174. The molecule has 4 heteroatoms. The van der Waals surface area contributed by atoms with Gasteiger partial charge in [-0.15, -0.1) is 0 Å². The van der Waals surface area contributed by atoms with Gasteiger partial charge in [-0.25, -0.2) is 8.78 Å². The summed E-state index contributed by atoms with van der Waals surface area (Å²) < 4.78 is 31.3. The van der Waals surface area contributed by atoms with Gasteiger partial charge in [0, 0.05) is 6.42 Å². The molecule has 0 spiro atoms. The van der Waals surface area contributed by atoms with E-state index in [1.807, 2.05) is 25.1 Å². The third-order valence-corrected chi connectivity index (χ3v) is 3.35. The Morgan fingerprint density at radius 2 is 1.81 bits per heavy atom. The van der Waals surface area contributed by atoms with E-state index in [4.69, 9.17) is 4.74 Å². The summed E-state index contributed by atoms with van der Waals surface area (Å²) in [5.41, 5.74) is 2.53. The molecule has 0 amide bonds. The van der Waals surface area contributed by atoms with Crippen LogP contribution in [-0.2, 0) is 12.8 Å². The summed E-state index contributed by atoms with van der Waals surface area (Å²) in [6, 6.07) is 9.41. The van der Waals surface area contributed by atoms with Crippen LogP contribution in [0, 0.1) is 18.6 Å². The molecule has 1 N–H and O–H groups in total. The fourth-order valence-electron chi connectivity index (χ4n) is 2.33. The fourth-order valence-corrected chi connectivity index (χ4v) is 2.33. The molecule has 2 rings (SSSR count). The van der Waals surface area contributed by atoms with Crippen LogP contribution in [-0.4, -0.2) is 18.3 Å². The number of hydrogen-bond donors (Lipinski definition) is 1. The number of rotatable bonds is 5. The van der Waals surface area contributed by atoms with Gasteiger partial charge in [-0.2, -0.15) is 0 Å². The van der Waals surface area contributed by atoms with Crippen LogP contribution >= 0.6 is 0 Å². The first kappa shape index (κ1) is 15.4. The van der Waals surface area contributed by atoms with Crippen molar-refractivity contribution in [3.8, 4) is 5.75 Å². The molecule has 0 aliphatic heterocycles. The Hall–Kier alpha value is -1.94. The van der Waals surface area contributed by atoms with Crippen molar-refractivity contribution < 1.29 is 18.6 Å². The lowest BCUT2D eigenvalue weighted by atomic mass is 9.99. The van der Waals surface area contributed by atoms with Gasteiger partial charge in [0.05, 0.1) is 13.2 Å². The third-order valence-electron chi connectivity index (χ3n) is 3.35. The minimum Gasteiger partial charge on any atom is -0.496 e. The Bertz CT molecular complexity index is 626. The highest BCUT2D eigenvalue weighted by atomic mass is 19.2. The van der Waals surface area contributed by atoms with Crippen molar-refractivity contribution in [2.45, 2.75) is 25.9 Å². The van der Waals surface area contributed by atoms with Gasteiger partial charge >= 0.3 is 0 Å². The molecule has 0 heterocycles. The maximum absolute atomic E-state index is 13.2. The minimum atomic E-state index is -0.896. The molecule has 2 nitrogen and oxygen atoms in total. The number of aliphatic hydroxyl groups excluding tert-OH is 1. The maximum Gasteiger partial charge on any atom is 0.159 e. The zero-order chi connectivity index (χ0) is 15.4. The molecular weight excluding hydrogens is 274 g/mol. The van der Waals surface area contributed by atoms with Crippen molar-refractivity contribution in [3.63, 3.8) is 0 Å². The molecule has 2 aromatic rings. The standard InChI is InChI=1S/C17H18F2O2/c1-11-3-6-17(21-2)13(7-11)10-14(20)8-12-4-5-15(18)16(19)9-12/h3-7,9,14,20H,8,10H2,1-2H3. The van der Waals surface area contributed by atoms with Gasteiger partial charge in [-0.1, -0.05) is 23.8 Å². The van der Waals surface area contributed by atoms with E-state index in [-0.39, 0.29) is 6.42 Å². The zero-order valence-electron chi connectivity index (χ0n) is 12.1. The first-order chi connectivity index (χ1) is 9.99. The second-order valence-electron chi connectivity index (χ2n) is 5.13. The summed E-state index contributed by atoms with van der Waals surface area (Å²) in [6.45, 7) is 1.96. The topological polar surface area (TPSA) is 29.5 Å².